The number of fused-ring (bicyclic) bond motifs is 5. The fourth-order valence-electron chi connectivity index (χ4n) is 5.87. The van der Waals surface area contributed by atoms with E-state index < -0.39 is 17.9 Å². The monoisotopic (exact) mass is 492 g/mol. The van der Waals surface area contributed by atoms with Crippen molar-refractivity contribution >= 4 is 35.0 Å². The molecule has 3 aliphatic heterocycles. The van der Waals surface area contributed by atoms with Gasteiger partial charge in [0.05, 0.1) is 30.2 Å². The molecule has 0 aliphatic carbocycles. The third-order valence-electron chi connectivity index (χ3n) is 7.60. The molecule has 37 heavy (non-hydrogen) atoms. The summed E-state index contributed by atoms with van der Waals surface area (Å²) in [6.45, 7) is 2.72. The SMILES string of the molecule is CCCCOc1ccc(N2C(=O)C3C(C2=O)C(C(=O)c2ccccc2)N2c4ccccc4C=CC32)cc1. The van der Waals surface area contributed by atoms with Crippen LogP contribution in [0, 0.1) is 11.8 Å². The van der Waals surface area contributed by atoms with Crippen molar-refractivity contribution in [3.63, 3.8) is 0 Å². The second-order valence-corrected chi connectivity index (χ2v) is 9.75. The van der Waals surface area contributed by atoms with Crippen molar-refractivity contribution in [3.05, 3.63) is 96.1 Å². The third-order valence-corrected chi connectivity index (χ3v) is 7.60. The van der Waals surface area contributed by atoms with E-state index in [0.29, 0.717) is 23.6 Å². The van der Waals surface area contributed by atoms with Gasteiger partial charge < -0.3 is 9.64 Å². The van der Waals surface area contributed by atoms with Crippen LogP contribution in [0.2, 0.25) is 0 Å². The lowest BCUT2D eigenvalue weighted by molar-refractivity contribution is -0.122. The number of ketones is 1. The molecular formula is C31H28N2O4. The smallest absolute Gasteiger partial charge is 0.240 e. The molecule has 0 saturated carbocycles. The van der Waals surface area contributed by atoms with Gasteiger partial charge in [0.25, 0.3) is 0 Å². The fraction of sp³-hybridized carbons (Fsp3) is 0.258. The van der Waals surface area contributed by atoms with Crippen LogP contribution in [0.4, 0.5) is 11.4 Å². The zero-order valence-corrected chi connectivity index (χ0v) is 20.6. The minimum atomic E-state index is -0.776. The number of carbonyl (C=O) groups excluding carboxylic acids is 3. The summed E-state index contributed by atoms with van der Waals surface area (Å²) in [6.07, 6.45) is 5.96. The lowest BCUT2D eigenvalue weighted by Gasteiger charge is -2.36. The molecule has 6 heteroatoms. The molecular weight excluding hydrogens is 464 g/mol. The third kappa shape index (κ3) is 3.75. The maximum atomic E-state index is 14.0. The predicted octanol–water partition coefficient (Wildman–Crippen LogP) is 5.14. The van der Waals surface area contributed by atoms with E-state index >= 15 is 0 Å². The van der Waals surface area contributed by atoms with E-state index in [0.717, 1.165) is 24.1 Å². The summed E-state index contributed by atoms with van der Waals surface area (Å²) in [7, 11) is 0. The molecule has 186 valence electrons. The predicted molar refractivity (Wildman–Crippen MR) is 143 cm³/mol. The molecule has 2 fully saturated rings. The van der Waals surface area contributed by atoms with Gasteiger partial charge in [-0.1, -0.05) is 74.0 Å². The Balaban J connectivity index is 1.38. The van der Waals surface area contributed by atoms with E-state index in [1.165, 1.54) is 4.90 Å². The summed E-state index contributed by atoms with van der Waals surface area (Å²) in [5, 5.41) is 0. The van der Waals surface area contributed by atoms with Crippen molar-refractivity contribution in [2.75, 3.05) is 16.4 Å². The zero-order chi connectivity index (χ0) is 25.5. The van der Waals surface area contributed by atoms with E-state index in [2.05, 4.69) is 6.92 Å². The Bertz CT molecular complexity index is 1380. The van der Waals surface area contributed by atoms with Gasteiger partial charge in [0.1, 0.15) is 11.8 Å². The van der Waals surface area contributed by atoms with E-state index in [1.807, 2.05) is 59.5 Å². The molecule has 4 atom stereocenters. The standard InChI is InChI=1S/C31H28N2O4/c1-2-3-19-37-23-16-14-22(15-17-23)32-30(35)26-25-18-13-20-9-7-8-12-24(20)33(25)28(27(26)31(32)36)29(34)21-10-5-4-6-11-21/h4-18,25-28H,2-3,19H2,1H3. The largest absolute Gasteiger partial charge is 0.494 e. The maximum absolute atomic E-state index is 14.0. The molecule has 3 aromatic carbocycles. The number of benzene rings is 3. The first kappa shape index (κ1) is 23.2. The molecule has 3 aromatic rings. The Labute approximate surface area is 216 Å². The number of hydrogen-bond donors (Lipinski definition) is 0. The number of imide groups is 1. The first-order valence-electron chi connectivity index (χ1n) is 12.9. The first-order valence-corrected chi connectivity index (χ1v) is 12.9. The second-order valence-electron chi connectivity index (χ2n) is 9.75. The number of nitrogens with zero attached hydrogens (tertiary/aromatic N) is 2. The molecule has 3 heterocycles. The quantitative estimate of drug-likeness (QED) is 0.260. The lowest BCUT2D eigenvalue weighted by Crippen LogP contribution is -2.48. The summed E-state index contributed by atoms with van der Waals surface area (Å²) >= 11 is 0. The number of anilines is 2. The number of carbonyl (C=O) groups is 3. The second kappa shape index (κ2) is 9.36. The van der Waals surface area contributed by atoms with E-state index in [9.17, 15) is 14.4 Å². The van der Waals surface area contributed by atoms with Crippen molar-refractivity contribution in [2.45, 2.75) is 31.8 Å². The Hall–Kier alpha value is -4.19. The highest BCUT2D eigenvalue weighted by Gasteiger charge is 2.64. The molecule has 6 nitrogen and oxygen atoms in total. The van der Waals surface area contributed by atoms with Gasteiger partial charge in [-0.15, -0.1) is 0 Å². The van der Waals surface area contributed by atoms with Crippen LogP contribution in [-0.2, 0) is 9.59 Å². The molecule has 0 radical (unpaired) electrons. The molecule has 0 bridgehead atoms. The molecule has 3 aliphatic rings. The van der Waals surface area contributed by atoms with Crippen molar-refractivity contribution in [3.8, 4) is 5.75 Å². The lowest BCUT2D eigenvalue weighted by atomic mass is 9.86. The van der Waals surface area contributed by atoms with E-state index in [4.69, 9.17) is 4.74 Å². The normalized spacial score (nSPS) is 23.6. The van der Waals surface area contributed by atoms with Gasteiger partial charge in [-0.3, -0.25) is 14.4 Å². The van der Waals surface area contributed by atoms with Crippen LogP contribution in [0.1, 0.15) is 35.7 Å². The van der Waals surface area contributed by atoms with Gasteiger partial charge in [-0.2, -0.15) is 0 Å². The fourth-order valence-corrected chi connectivity index (χ4v) is 5.87. The Kier molecular flexibility index (Phi) is 5.87. The van der Waals surface area contributed by atoms with Gasteiger partial charge in [-0.25, -0.2) is 4.90 Å². The van der Waals surface area contributed by atoms with Crippen molar-refractivity contribution in [1.29, 1.82) is 0 Å². The molecule has 2 amide bonds. The Morgan fingerprint density at radius 2 is 1.57 bits per heavy atom. The number of Topliss-reactive ketones (excluding diaryl/α,β-unsaturated/α-hetero) is 1. The summed E-state index contributed by atoms with van der Waals surface area (Å²) in [4.78, 5) is 45.1. The van der Waals surface area contributed by atoms with Crippen LogP contribution < -0.4 is 14.5 Å². The number of ether oxygens (including phenoxy) is 1. The Morgan fingerprint density at radius 3 is 2.32 bits per heavy atom. The van der Waals surface area contributed by atoms with Crippen LogP contribution in [0.15, 0.2) is 84.9 Å². The maximum Gasteiger partial charge on any atom is 0.240 e. The zero-order valence-electron chi connectivity index (χ0n) is 20.6. The van der Waals surface area contributed by atoms with Gasteiger partial charge in [0.2, 0.25) is 11.8 Å². The van der Waals surface area contributed by atoms with Gasteiger partial charge >= 0.3 is 0 Å². The van der Waals surface area contributed by atoms with Crippen LogP contribution in [0.5, 0.6) is 5.75 Å². The molecule has 0 aromatic heterocycles. The number of unbranched alkanes of at least 4 members (excludes halogenated alkanes) is 1. The number of hydrogen-bond acceptors (Lipinski definition) is 5. The minimum Gasteiger partial charge on any atom is -0.494 e. The molecule has 4 unspecified atom stereocenters. The van der Waals surface area contributed by atoms with Crippen molar-refractivity contribution in [2.24, 2.45) is 11.8 Å². The average Bonchev–Trinajstić information content (AvgIpc) is 3.42. The molecule has 0 N–H and O–H groups in total. The highest BCUT2D eigenvalue weighted by Crippen LogP contribution is 2.49. The number of rotatable bonds is 7. The van der Waals surface area contributed by atoms with Gasteiger partial charge in [0, 0.05) is 11.3 Å². The molecule has 0 spiro atoms. The first-order chi connectivity index (χ1) is 18.1. The topological polar surface area (TPSA) is 66.9 Å². The summed E-state index contributed by atoms with van der Waals surface area (Å²) in [5.74, 6) is -1.46. The average molecular weight is 493 g/mol. The van der Waals surface area contributed by atoms with Gasteiger partial charge in [-0.05, 0) is 42.3 Å². The van der Waals surface area contributed by atoms with E-state index in [-0.39, 0.29) is 23.6 Å². The van der Waals surface area contributed by atoms with Crippen LogP contribution in [-0.4, -0.2) is 36.3 Å². The van der Waals surface area contributed by atoms with Crippen molar-refractivity contribution in [1.82, 2.24) is 0 Å². The van der Waals surface area contributed by atoms with Crippen LogP contribution in [0.25, 0.3) is 6.08 Å². The molecule has 6 rings (SSSR count). The van der Waals surface area contributed by atoms with Gasteiger partial charge in [0.15, 0.2) is 5.78 Å². The number of para-hydroxylation sites is 1. The minimum absolute atomic E-state index is 0.147. The van der Waals surface area contributed by atoms with E-state index in [1.54, 1.807) is 36.4 Å². The molecule has 2 saturated heterocycles. The highest BCUT2D eigenvalue weighted by atomic mass is 16.5. The van der Waals surface area contributed by atoms with Crippen LogP contribution >= 0.6 is 0 Å². The number of amides is 2. The highest BCUT2D eigenvalue weighted by molar-refractivity contribution is 6.25. The Morgan fingerprint density at radius 1 is 0.865 bits per heavy atom. The summed E-state index contributed by atoms with van der Waals surface area (Å²) < 4.78 is 5.74. The summed E-state index contributed by atoms with van der Waals surface area (Å²) in [6, 6.07) is 22.8. The van der Waals surface area contributed by atoms with Crippen LogP contribution in [0.3, 0.4) is 0 Å². The summed E-state index contributed by atoms with van der Waals surface area (Å²) in [5.41, 5.74) is 2.88. The van der Waals surface area contributed by atoms with Crippen molar-refractivity contribution < 1.29 is 19.1 Å².